The molecule has 1 fully saturated rings. The van der Waals surface area contributed by atoms with Gasteiger partial charge in [0.2, 0.25) is 0 Å². The van der Waals surface area contributed by atoms with Crippen molar-refractivity contribution >= 4 is 5.91 Å². The van der Waals surface area contributed by atoms with Crippen LogP contribution in [0, 0.1) is 0 Å². The van der Waals surface area contributed by atoms with Crippen LogP contribution in [0.5, 0.6) is 5.75 Å². The van der Waals surface area contributed by atoms with E-state index in [1.807, 2.05) is 24.3 Å². The quantitative estimate of drug-likeness (QED) is 0.830. The molecular formula is C14H20N2O3. The number of rotatable bonds is 4. The molecule has 0 saturated carbocycles. The van der Waals surface area contributed by atoms with Gasteiger partial charge in [-0.2, -0.15) is 0 Å². The third-order valence-electron chi connectivity index (χ3n) is 3.55. The zero-order chi connectivity index (χ0) is 13.9. The fraction of sp³-hybridized carbons (Fsp3) is 0.500. The monoisotopic (exact) mass is 264 g/mol. The van der Waals surface area contributed by atoms with E-state index in [4.69, 9.17) is 10.5 Å². The molecule has 1 saturated heterocycles. The number of amides is 1. The molecule has 0 radical (unpaired) electrons. The Kier molecular flexibility index (Phi) is 4.07. The van der Waals surface area contributed by atoms with Gasteiger partial charge in [0, 0.05) is 19.6 Å². The number of hydrogen-bond donors (Lipinski definition) is 2. The van der Waals surface area contributed by atoms with Crippen LogP contribution in [0.4, 0.5) is 0 Å². The number of hydrogen-bond acceptors (Lipinski definition) is 4. The van der Waals surface area contributed by atoms with E-state index in [2.05, 4.69) is 0 Å². The van der Waals surface area contributed by atoms with Crippen molar-refractivity contribution in [1.82, 2.24) is 4.90 Å². The lowest BCUT2D eigenvalue weighted by atomic mass is 9.91. The molecule has 5 nitrogen and oxygen atoms in total. The Morgan fingerprint density at radius 1 is 1.53 bits per heavy atom. The summed E-state index contributed by atoms with van der Waals surface area (Å²) in [5.41, 5.74) is 5.10. The molecule has 2 rings (SSSR count). The van der Waals surface area contributed by atoms with Gasteiger partial charge in [-0.3, -0.25) is 4.79 Å². The number of carbonyl (C=O) groups excluding carboxylic acids is 1. The molecule has 1 aromatic rings. The third kappa shape index (κ3) is 2.88. The van der Waals surface area contributed by atoms with Crippen LogP contribution in [-0.2, 0) is 11.3 Å². The lowest BCUT2D eigenvalue weighted by Crippen LogP contribution is -2.56. The molecule has 0 spiro atoms. The van der Waals surface area contributed by atoms with Crippen molar-refractivity contribution in [3.63, 3.8) is 0 Å². The minimum Gasteiger partial charge on any atom is -0.497 e. The van der Waals surface area contributed by atoms with E-state index in [0.29, 0.717) is 19.5 Å². The van der Waals surface area contributed by atoms with Crippen LogP contribution in [0.25, 0.3) is 0 Å². The second-order valence-corrected chi connectivity index (χ2v) is 4.92. The Hall–Kier alpha value is -1.59. The second-order valence-electron chi connectivity index (χ2n) is 4.92. The predicted molar refractivity (Wildman–Crippen MR) is 71.6 cm³/mol. The maximum atomic E-state index is 12.2. The highest BCUT2D eigenvalue weighted by molar-refractivity contribution is 5.86. The maximum Gasteiger partial charge on any atom is 0.256 e. The van der Waals surface area contributed by atoms with Gasteiger partial charge in [-0.1, -0.05) is 12.1 Å². The summed E-state index contributed by atoms with van der Waals surface area (Å²) in [6.45, 7) is 1.09. The molecule has 1 aliphatic rings. The van der Waals surface area contributed by atoms with Crippen LogP contribution >= 0.6 is 0 Å². The molecule has 1 amide bonds. The lowest BCUT2D eigenvalue weighted by molar-refractivity contribution is -0.156. The number of methoxy groups -OCH3 is 1. The van der Waals surface area contributed by atoms with Crippen LogP contribution < -0.4 is 10.5 Å². The van der Waals surface area contributed by atoms with Crippen molar-refractivity contribution in [1.29, 1.82) is 0 Å². The summed E-state index contributed by atoms with van der Waals surface area (Å²) in [5.74, 6) is 0.486. The van der Waals surface area contributed by atoms with Gasteiger partial charge in [0.15, 0.2) is 5.60 Å². The van der Waals surface area contributed by atoms with Gasteiger partial charge >= 0.3 is 0 Å². The van der Waals surface area contributed by atoms with Gasteiger partial charge in [0.1, 0.15) is 5.75 Å². The Morgan fingerprint density at radius 3 is 3.00 bits per heavy atom. The SMILES string of the molecule is COc1cccc(CN2CCCC(O)(CN)C2=O)c1. The van der Waals surface area contributed by atoms with Gasteiger partial charge < -0.3 is 20.5 Å². The first-order chi connectivity index (χ1) is 9.09. The molecule has 1 aromatic carbocycles. The Bertz CT molecular complexity index is 464. The molecule has 104 valence electrons. The molecule has 5 heteroatoms. The highest BCUT2D eigenvalue weighted by atomic mass is 16.5. The molecule has 1 unspecified atom stereocenters. The zero-order valence-electron chi connectivity index (χ0n) is 11.1. The van der Waals surface area contributed by atoms with E-state index in [0.717, 1.165) is 17.7 Å². The van der Waals surface area contributed by atoms with Gasteiger partial charge in [-0.05, 0) is 30.5 Å². The second kappa shape index (κ2) is 5.59. The molecule has 0 bridgehead atoms. The number of ether oxygens (including phenoxy) is 1. The first-order valence-corrected chi connectivity index (χ1v) is 6.44. The normalized spacial score (nSPS) is 23.5. The topological polar surface area (TPSA) is 75.8 Å². The standard InChI is InChI=1S/C14H20N2O3/c1-19-12-5-2-4-11(8-12)9-16-7-3-6-14(18,10-15)13(16)17/h2,4-5,8,18H,3,6-7,9-10,15H2,1H3. The minimum absolute atomic E-state index is 0.0273. The first-order valence-electron chi connectivity index (χ1n) is 6.44. The third-order valence-corrected chi connectivity index (χ3v) is 3.55. The predicted octanol–water partition coefficient (Wildman–Crippen LogP) is 0.507. The number of likely N-dealkylation sites (tertiary alicyclic amines) is 1. The number of benzene rings is 1. The molecule has 1 atom stereocenters. The molecule has 3 N–H and O–H groups in total. The smallest absolute Gasteiger partial charge is 0.256 e. The average Bonchev–Trinajstić information content (AvgIpc) is 2.44. The van der Waals surface area contributed by atoms with Crippen molar-refractivity contribution in [3.05, 3.63) is 29.8 Å². The average molecular weight is 264 g/mol. The number of carbonyl (C=O) groups is 1. The molecule has 1 heterocycles. The first kappa shape index (κ1) is 13.8. The number of aliphatic hydroxyl groups is 1. The van der Waals surface area contributed by atoms with Crippen LogP contribution in [-0.4, -0.2) is 41.7 Å². The van der Waals surface area contributed by atoms with Crippen molar-refractivity contribution < 1.29 is 14.6 Å². The van der Waals surface area contributed by atoms with Crippen LogP contribution in [0.15, 0.2) is 24.3 Å². The summed E-state index contributed by atoms with van der Waals surface area (Å²) in [4.78, 5) is 13.9. The van der Waals surface area contributed by atoms with E-state index in [1.54, 1.807) is 12.0 Å². The summed E-state index contributed by atoms with van der Waals surface area (Å²) in [5, 5.41) is 10.2. The Morgan fingerprint density at radius 2 is 2.32 bits per heavy atom. The van der Waals surface area contributed by atoms with Gasteiger partial charge in [0.05, 0.1) is 7.11 Å². The number of nitrogens with zero attached hydrogens (tertiary/aromatic N) is 1. The molecule has 0 aliphatic carbocycles. The minimum atomic E-state index is -1.39. The van der Waals surface area contributed by atoms with Gasteiger partial charge in [-0.25, -0.2) is 0 Å². The summed E-state index contributed by atoms with van der Waals surface area (Å²) in [6, 6.07) is 7.57. The molecular weight excluding hydrogens is 244 g/mol. The largest absolute Gasteiger partial charge is 0.497 e. The van der Waals surface area contributed by atoms with Crippen molar-refractivity contribution in [2.75, 3.05) is 20.2 Å². The van der Waals surface area contributed by atoms with E-state index < -0.39 is 5.60 Å². The van der Waals surface area contributed by atoms with Crippen LogP contribution in [0.3, 0.4) is 0 Å². The highest BCUT2D eigenvalue weighted by Crippen LogP contribution is 2.24. The lowest BCUT2D eigenvalue weighted by Gasteiger charge is -2.37. The van der Waals surface area contributed by atoms with Crippen LogP contribution in [0.1, 0.15) is 18.4 Å². The van der Waals surface area contributed by atoms with E-state index in [-0.39, 0.29) is 12.5 Å². The maximum absolute atomic E-state index is 12.2. The fourth-order valence-corrected chi connectivity index (χ4v) is 2.40. The Balaban J connectivity index is 2.11. The van der Waals surface area contributed by atoms with E-state index in [1.165, 1.54) is 0 Å². The molecule has 0 aromatic heterocycles. The Labute approximate surface area is 113 Å². The van der Waals surface area contributed by atoms with Crippen molar-refractivity contribution in [2.45, 2.75) is 25.0 Å². The van der Waals surface area contributed by atoms with Crippen LogP contribution in [0.2, 0.25) is 0 Å². The summed E-state index contributed by atoms with van der Waals surface area (Å²) in [7, 11) is 1.61. The van der Waals surface area contributed by atoms with E-state index >= 15 is 0 Å². The van der Waals surface area contributed by atoms with Gasteiger partial charge in [-0.15, -0.1) is 0 Å². The molecule has 19 heavy (non-hydrogen) atoms. The summed E-state index contributed by atoms with van der Waals surface area (Å²) >= 11 is 0. The fourth-order valence-electron chi connectivity index (χ4n) is 2.40. The zero-order valence-corrected chi connectivity index (χ0v) is 11.1. The molecule has 1 aliphatic heterocycles. The van der Waals surface area contributed by atoms with Crippen molar-refractivity contribution in [2.24, 2.45) is 5.73 Å². The van der Waals surface area contributed by atoms with E-state index in [9.17, 15) is 9.90 Å². The highest BCUT2D eigenvalue weighted by Gasteiger charge is 2.40. The van der Waals surface area contributed by atoms with Gasteiger partial charge in [0.25, 0.3) is 5.91 Å². The number of nitrogens with two attached hydrogens (primary N) is 1. The summed E-state index contributed by atoms with van der Waals surface area (Å²) in [6.07, 6.45) is 1.21. The number of piperidine rings is 1. The summed E-state index contributed by atoms with van der Waals surface area (Å²) < 4.78 is 5.16. The van der Waals surface area contributed by atoms with Crippen molar-refractivity contribution in [3.8, 4) is 5.75 Å².